The van der Waals surface area contributed by atoms with Gasteiger partial charge in [-0.1, -0.05) is 30.3 Å². The van der Waals surface area contributed by atoms with Gasteiger partial charge in [-0.15, -0.1) is 0 Å². The van der Waals surface area contributed by atoms with E-state index in [2.05, 4.69) is 34.5 Å². The molecule has 6 heteroatoms. The smallest absolute Gasteiger partial charge is 0.287 e. The first kappa shape index (κ1) is 21.1. The number of ether oxygens (including phenoxy) is 1. The molecule has 1 aliphatic rings. The Morgan fingerprint density at radius 2 is 1.90 bits per heavy atom. The number of methoxy groups -OCH3 is 1. The van der Waals surface area contributed by atoms with Crippen LogP contribution in [0.25, 0.3) is 11.0 Å². The third-order valence-electron chi connectivity index (χ3n) is 5.95. The van der Waals surface area contributed by atoms with Crippen molar-refractivity contribution in [3.8, 4) is 5.75 Å². The van der Waals surface area contributed by atoms with E-state index in [0.717, 1.165) is 38.9 Å². The van der Waals surface area contributed by atoms with E-state index < -0.39 is 0 Å². The van der Waals surface area contributed by atoms with Crippen LogP contribution in [0.1, 0.15) is 35.4 Å². The molecule has 2 aromatic carbocycles. The average molecular weight is 421 g/mol. The van der Waals surface area contributed by atoms with Crippen molar-refractivity contribution in [1.29, 1.82) is 0 Å². The van der Waals surface area contributed by atoms with Gasteiger partial charge in [0.2, 0.25) is 0 Å². The first-order valence-corrected chi connectivity index (χ1v) is 10.8. The number of nitrogens with one attached hydrogen (secondary N) is 1. The van der Waals surface area contributed by atoms with Crippen molar-refractivity contribution in [1.82, 2.24) is 10.2 Å². The van der Waals surface area contributed by atoms with Crippen LogP contribution in [-0.4, -0.2) is 37.6 Å². The molecule has 2 heterocycles. The number of carbonyl (C=O) groups excluding carboxylic acids is 1. The van der Waals surface area contributed by atoms with Gasteiger partial charge in [-0.25, -0.2) is 0 Å². The van der Waals surface area contributed by atoms with Gasteiger partial charge in [-0.2, -0.15) is 0 Å². The van der Waals surface area contributed by atoms with Crippen LogP contribution in [0.2, 0.25) is 0 Å². The van der Waals surface area contributed by atoms with Crippen molar-refractivity contribution >= 4 is 16.9 Å². The zero-order valence-electron chi connectivity index (χ0n) is 17.8. The molecule has 4 rings (SSSR count). The molecule has 1 saturated heterocycles. The predicted octanol–water partition coefficient (Wildman–Crippen LogP) is 3.83. The van der Waals surface area contributed by atoms with E-state index in [1.165, 1.54) is 18.7 Å². The Kier molecular flexibility index (Phi) is 6.67. The number of likely N-dealkylation sites (tertiary alicyclic amines) is 1. The van der Waals surface area contributed by atoms with Gasteiger partial charge in [0, 0.05) is 19.2 Å². The van der Waals surface area contributed by atoms with Gasteiger partial charge >= 0.3 is 0 Å². The fraction of sp³-hybridized carbons (Fsp3) is 0.360. The van der Waals surface area contributed by atoms with Crippen molar-refractivity contribution in [3.05, 3.63) is 76.1 Å². The Balaban J connectivity index is 1.26. The quantitative estimate of drug-likeness (QED) is 0.629. The van der Waals surface area contributed by atoms with Gasteiger partial charge in [0.05, 0.1) is 12.5 Å². The number of piperidine rings is 1. The van der Waals surface area contributed by atoms with Crippen molar-refractivity contribution in [2.24, 2.45) is 5.92 Å². The molecule has 0 bridgehead atoms. The molecule has 1 aliphatic heterocycles. The van der Waals surface area contributed by atoms with Crippen LogP contribution in [0.3, 0.4) is 0 Å². The topological polar surface area (TPSA) is 71.8 Å². The van der Waals surface area contributed by atoms with E-state index in [9.17, 15) is 9.59 Å². The minimum Gasteiger partial charge on any atom is -0.497 e. The number of hydrogen-bond acceptors (Lipinski definition) is 5. The highest BCUT2D eigenvalue weighted by atomic mass is 16.5. The molecule has 1 fully saturated rings. The first-order chi connectivity index (χ1) is 15.1. The molecule has 1 amide bonds. The molecule has 31 heavy (non-hydrogen) atoms. The third kappa shape index (κ3) is 5.33. The summed E-state index contributed by atoms with van der Waals surface area (Å²) in [7, 11) is 1.54. The van der Waals surface area contributed by atoms with Gasteiger partial charge in [0.1, 0.15) is 11.3 Å². The highest BCUT2D eigenvalue weighted by molar-refractivity contribution is 5.93. The Labute approximate surface area is 181 Å². The van der Waals surface area contributed by atoms with Crippen molar-refractivity contribution < 1.29 is 13.9 Å². The summed E-state index contributed by atoms with van der Waals surface area (Å²) in [4.78, 5) is 27.3. The van der Waals surface area contributed by atoms with Crippen LogP contribution in [0.4, 0.5) is 0 Å². The van der Waals surface area contributed by atoms with Gasteiger partial charge < -0.3 is 14.5 Å². The van der Waals surface area contributed by atoms with E-state index >= 15 is 0 Å². The normalized spacial score (nSPS) is 15.1. The summed E-state index contributed by atoms with van der Waals surface area (Å²) in [6, 6.07) is 16.8. The average Bonchev–Trinajstić information content (AvgIpc) is 2.80. The summed E-state index contributed by atoms with van der Waals surface area (Å²) < 4.78 is 10.8. The monoisotopic (exact) mass is 420 g/mol. The van der Waals surface area contributed by atoms with Gasteiger partial charge in [0.25, 0.3) is 5.91 Å². The van der Waals surface area contributed by atoms with Crippen LogP contribution in [0.5, 0.6) is 5.75 Å². The van der Waals surface area contributed by atoms with E-state index in [1.807, 2.05) is 6.07 Å². The Morgan fingerprint density at radius 1 is 1.13 bits per heavy atom. The zero-order valence-corrected chi connectivity index (χ0v) is 17.8. The maximum atomic E-state index is 12.5. The largest absolute Gasteiger partial charge is 0.497 e. The summed E-state index contributed by atoms with van der Waals surface area (Å²) in [5, 5.41) is 3.30. The summed E-state index contributed by atoms with van der Waals surface area (Å²) >= 11 is 0. The lowest BCUT2D eigenvalue weighted by molar-refractivity contribution is 0.0920. The summed E-state index contributed by atoms with van der Waals surface area (Å²) in [6.07, 6.45) is 3.20. The van der Waals surface area contributed by atoms with Gasteiger partial charge in [-0.3, -0.25) is 14.5 Å². The molecule has 1 N–H and O–H groups in total. The summed E-state index contributed by atoms with van der Waals surface area (Å²) in [6.45, 7) is 3.73. The second-order valence-corrected chi connectivity index (χ2v) is 8.09. The number of benzene rings is 2. The lowest BCUT2D eigenvalue weighted by Gasteiger charge is -2.32. The molecule has 0 aliphatic carbocycles. The summed E-state index contributed by atoms with van der Waals surface area (Å²) in [5.74, 6) is 0.867. The molecule has 0 atom stereocenters. The molecule has 1 aromatic heterocycles. The van der Waals surface area contributed by atoms with Crippen LogP contribution in [0.15, 0.2) is 63.8 Å². The predicted molar refractivity (Wildman–Crippen MR) is 120 cm³/mol. The number of rotatable bonds is 7. The molecule has 0 spiro atoms. The number of carbonyl (C=O) groups is 1. The molecule has 0 saturated carbocycles. The van der Waals surface area contributed by atoms with Gasteiger partial charge in [-0.05, 0) is 62.0 Å². The highest BCUT2D eigenvalue weighted by Crippen LogP contribution is 2.22. The Hall–Kier alpha value is -3.12. The second-order valence-electron chi connectivity index (χ2n) is 8.09. The number of fused-ring (bicyclic) bond motifs is 1. The lowest BCUT2D eigenvalue weighted by Crippen LogP contribution is -2.35. The Bertz CT molecular complexity index is 1090. The number of nitrogens with zero attached hydrogens (tertiary/aromatic N) is 1. The molecule has 162 valence electrons. The van der Waals surface area contributed by atoms with Crippen molar-refractivity contribution in [3.63, 3.8) is 0 Å². The number of hydrogen-bond donors (Lipinski definition) is 1. The maximum Gasteiger partial charge on any atom is 0.287 e. The molecule has 3 aromatic rings. The van der Waals surface area contributed by atoms with Crippen molar-refractivity contribution in [2.75, 3.05) is 26.7 Å². The van der Waals surface area contributed by atoms with Crippen molar-refractivity contribution in [2.45, 2.75) is 25.8 Å². The minimum atomic E-state index is -0.351. The lowest BCUT2D eigenvalue weighted by atomic mass is 9.93. The Morgan fingerprint density at radius 3 is 2.65 bits per heavy atom. The van der Waals surface area contributed by atoms with Crippen LogP contribution >= 0.6 is 0 Å². The zero-order chi connectivity index (χ0) is 21.6. The van der Waals surface area contributed by atoms with Gasteiger partial charge in [0.15, 0.2) is 11.2 Å². The molecular formula is C25H28N2O4. The molecule has 6 nitrogen and oxygen atoms in total. The molecular weight excluding hydrogens is 392 g/mol. The number of amides is 1. The minimum absolute atomic E-state index is 0.0420. The fourth-order valence-electron chi connectivity index (χ4n) is 4.13. The van der Waals surface area contributed by atoms with Crippen LogP contribution in [-0.2, 0) is 6.54 Å². The maximum absolute atomic E-state index is 12.5. The first-order valence-electron chi connectivity index (χ1n) is 10.8. The SMILES string of the molecule is COc1ccc2oc(C(=O)NCCC3CCN(Cc4ccccc4)CC3)cc(=O)c2c1. The fourth-order valence-corrected chi connectivity index (χ4v) is 4.13. The highest BCUT2D eigenvalue weighted by Gasteiger charge is 2.20. The third-order valence-corrected chi connectivity index (χ3v) is 5.95. The van der Waals surface area contributed by atoms with Crippen LogP contribution in [0, 0.1) is 5.92 Å². The van der Waals surface area contributed by atoms with E-state index in [4.69, 9.17) is 9.15 Å². The van der Waals surface area contributed by atoms with Crippen LogP contribution < -0.4 is 15.5 Å². The second kappa shape index (κ2) is 9.79. The molecule has 0 unspecified atom stereocenters. The molecule has 0 radical (unpaired) electrons. The van der Waals surface area contributed by atoms with E-state index in [-0.39, 0.29) is 17.1 Å². The van der Waals surface area contributed by atoms with E-state index in [0.29, 0.717) is 29.2 Å². The summed E-state index contributed by atoms with van der Waals surface area (Å²) in [5.41, 5.74) is 1.48. The standard InChI is InChI=1S/C25H28N2O4/c1-30-20-7-8-23-21(15-20)22(28)16-24(31-23)25(29)26-12-9-18-10-13-27(14-11-18)17-19-5-3-2-4-6-19/h2-8,15-16,18H,9-14,17H2,1H3,(H,26,29). The van der Waals surface area contributed by atoms with E-state index in [1.54, 1.807) is 18.2 Å².